The number of anilines is 1. The van der Waals surface area contributed by atoms with Crippen molar-refractivity contribution in [2.45, 2.75) is 38.8 Å². The second-order valence-electron chi connectivity index (χ2n) is 9.47. The molecular weight excluding hydrogens is 381 g/mol. The van der Waals surface area contributed by atoms with Gasteiger partial charge in [0, 0.05) is 63.6 Å². The Bertz CT molecular complexity index is 704. The fourth-order valence-corrected chi connectivity index (χ4v) is 5.36. The molecule has 0 radical (unpaired) electrons. The van der Waals surface area contributed by atoms with Crippen LogP contribution in [0.4, 0.5) is 14.9 Å². The average molecular weight is 418 g/mol. The van der Waals surface area contributed by atoms with E-state index in [0.717, 1.165) is 63.3 Å². The minimum absolute atomic E-state index is 0.0526. The molecule has 0 aromatic heterocycles. The highest BCUT2D eigenvalue weighted by molar-refractivity contribution is 5.74. The zero-order chi connectivity index (χ0) is 21.1. The van der Waals surface area contributed by atoms with Gasteiger partial charge in [-0.25, -0.2) is 9.18 Å². The quantitative estimate of drug-likeness (QED) is 0.746. The monoisotopic (exact) mass is 417 g/mol. The Morgan fingerprint density at radius 3 is 2.50 bits per heavy atom. The molecule has 0 spiro atoms. The van der Waals surface area contributed by atoms with Crippen molar-refractivity contribution in [3.05, 3.63) is 30.1 Å². The number of urea groups is 1. The van der Waals surface area contributed by atoms with Gasteiger partial charge in [0.2, 0.25) is 0 Å². The number of fused-ring (bicyclic) bond motifs is 3. The van der Waals surface area contributed by atoms with E-state index in [1.165, 1.54) is 19.4 Å². The third kappa shape index (κ3) is 5.24. The van der Waals surface area contributed by atoms with Gasteiger partial charge in [0.15, 0.2) is 0 Å². The van der Waals surface area contributed by atoms with Gasteiger partial charge in [0.25, 0.3) is 0 Å². The topological polar surface area (TPSA) is 50.9 Å². The fraction of sp³-hybridized carbons (Fsp3) is 0.696. The van der Waals surface area contributed by atoms with E-state index in [9.17, 15) is 9.18 Å². The summed E-state index contributed by atoms with van der Waals surface area (Å²) in [5, 5.41) is 5.97. The fourth-order valence-electron chi connectivity index (χ4n) is 5.36. The van der Waals surface area contributed by atoms with Gasteiger partial charge < -0.3 is 15.5 Å². The molecule has 5 rings (SSSR count). The van der Waals surface area contributed by atoms with Crippen molar-refractivity contribution in [2.24, 2.45) is 11.8 Å². The number of piperidine rings is 3. The van der Waals surface area contributed by atoms with Gasteiger partial charge in [-0.3, -0.25) is 9.80 Å². The largest absolute Gasteiger partial charge is 0.369 e. The second-order valence-corrected chi connectivity index (χ2v) is 9.47. The van der Waals surface area contributed by atoms with Gasteiger partial charge in [-0.05, 0) is 69.3 Å². The van der Waals surface area contributed by atoms with Crippen molar-refractivity contribution in [1.29, 1.82) is 0 Å². The molecule has 4 heterocycles. The first-order valence-corrected chi connectivity index (χ1v) is 11.5. The van der Waals surface area contributed by atoms with Crippen LogP contribution < -0.4 is 15.5 Å². The van der Waals surface area contributed by atoms with Crippen LogP contribution >= 0.6 is 0 Å². The Balaban J connectivity index is 1.22. The number of carbonyl (C=O) groups is 1. The molecule has 166 valence electrons. The van der Waals surface area contributed by atoms with Gasteiger partial charge in [-0.1, -0.05) is 0 Å². The van der Waals surface area contributed by atoms with Gasteiger partial charge in [0.05, 0.1) is 0 Å². The molecule has 4 atom stereocenters. The first kappa shape index (κ1) is 21.4. The van der Waals surface area contributed by atoms with E-state index in [0.29, 0.717) is 6.04 Å². The lowest BCUT2D eigenvalue weighted by atomic mass is 9.75. The van der Waals surface area contributed by atoms with Crippen molar-refractivity contribution in [2.75, 3.05) is 57.3 Å². The normalized spacial score (nSPS) is 29.3. The van der Waals surface area contributed by atoms with Gasteiger partial charge in [-0.2, -0.15) is 0 Å². The number of benzene rings is 1. The van der Waals surface area contributed by atoms with Crippen LogP contribution in [-0.4, -0.2) is 80.3 Å². The summed E-state index contributed by atoms with van der Waals surface area (Å²) in [4.78, 5) is 19.5. The summed E-state index contributed by atoms with van der Waals surface area (Å²) in [6, 6.07) is 7.46. The lowest BCUT2D eigenvalue weighted by molar-refractivity contribution is -0.0115. The van der Waals surface area contributed by atoms with Crippen LogP contribution in [0.3, 0.4) is 0 Å². The van der Waals surface area contributed by atoms with Crippen molar-refractivity contribution in [3.8, 4) is 0 Å². The highest BCUT2D eigenvalue weighted by Gasteiger charge is 2.40. The number of halogens is 1. The second kappa shape index (κ2) is 9.52. The molecule has 0 saturated carbocycles. The number of amides is 2. The van der Waals surface area contributed by atoms with Crippen LogP contribution in [0.15, 0.2) is 24.3 Å². The summed E-state index contributed by atoms with van der Waals surface area (Å²) < 4.78 is 13.2. The summed E-state index contributed by atoms with van der Waals surface area (Å²) in [6.07, 6.45) is 2.48. The van der Waals surface area contributed by atoms with Gasteiger partial charge in [0.1, 0.15) is 5.82 Å². The summed E-state index contributed by atoms with van der Waals surface area (Å²) in [7, 11) is 0. The molecule has 0 aliphatic carbocycles. The molecule has 4 saturated heterocycles. The molecular formula is C23H36FN5O. The van der Waals surface area contributed by atoms with Crippen molar-refractivity contribution >= 4 is 11.7 Å². The SMILES string of the molecule is CC(C)NC(=O)NC[C@H]1C[C@@H]2CCN1C[C@@H]2CN1CCN(c2ccc(F)cc2)CC1. The van der Waals surface area contributed by atoms with E-state index in [1.807, 2.05) is 26.0 Å². The lowest BCUT2D eigenvalue weighted by Crippen LogP contribution is -2.59. The Morgan fingerprint density at radius 1 is 1.13 bits per heavy atom. The summed E-state index contributed by atoms with van der Waals surface area (Å²) in [6.45, 7) is 12.4. The Morgan fingerprint density at radius 2 is 1.87 bits per heavy atom. The average Bonchev–Trinajstić information content (AvgIpc) is 2.74. The zero-order valence-corrected chi connectivity index (χ0v) is 18.3. The number of piperazine rings is 1. The Kier molecular flexibility index (Phi) is 6.78. The molecule has 1 aromatic carbocycles. The molecule has 2 bridgehead atoms. The zero-order valence-electron chi connectivity index (χ0n) is 18.3. The summed E-state index contributed by atoms with van der Waals surface area (Å²) >= 11 is 0. The van der Waals surface area contributed by atoms with Crippen LogP contribution in [0.2, 0.25) is 0 Å². The molecule has 4 fully saturated rings. The highest BCUT2D eigenvalue weighted by atomic mass is 19.1. The third-order valence-electron chi connectivity index (χ3n) is 6.99. The molecule has 2 amide bonds. The number of rotatable bonds is 6. The van der Waals surface area contributed by atoms with E-state index in [4.69, 9.17) is 0 Å². The van der Waals surface area contributed by atoms with Crippen LogP contribution in [-0.2, 0) is 0 Å². The van der Waals surface area contributed by atoms with Crippen LogP contribution in [0.5, 0.6) is 0 Å². The standard InChI is InChI=1S/C23H36FN5O/c1-17(2)26-23(30)25-14-22-13-18-7-8-29(22)16-19(18)15-27-9-11-28(12-10-27)21-5-3-20(24)4-6-21/h3-6,17-19,22H,7-16H2,1-2H3,(H2,25,26,30)/t18-,19-,22+/m0/s1. The first-order valence-electron chi connectivity index (χ1n) is 11.5. The maximum atomic E-state index is 13.2. The van der Waals surface area contributed by atoms with E-state index in [1.54, 1.807) is 12.1 Å². The van der Waals surface area contributed by atoms with Crippen molar-refractivity contribution < 1.29 is 9.18 Å². The Labute approximate surface area is 179 Å². The smallest absolute Gasteiger partial charge is 0.315 e. The molecule has 4 aliphatic rings. The first-order chi connectivity index (χ1) is 14.5. The number of hydrogen-bond acceptors (Lipinski definition) is 4. The summed E-state index contributed by atoms with van der Waals surface area (Å²) in [5.74, 6) is 1.33. The number of hydrogen-bond donors (Lipinski definition) is 2. The number of carbonyl (C=O) groups excluding carboxylic acids is 1. The molecule has 30 heavy (non-hydrogen) atoms. The molecule has 1 unspecified atom stereocenters. The summed E-state index contributed by atoms with van der Waals surface area (Å²) in [5.41, 5.74) is 1.12. The van der Waals surface area contributed by atoms with Crippen molar-refractivity contribution in [3.63, 3.8) is 0 Å². The van der Waals surface area contributed by atoms with E-state index in [2.05, 4.69) is 25.3 Å². The van der Waals surface area contributed by atoms with E-state index >= 15 is 0 Å². The molecule has 4 aliphatic heterocycles. The van der Waals surface area contributed by atoms with Crippen LogP contribution in [0.1, 0.15) is 26.7 Å². The third-order valence-corrected chi connectivity index (χ3v) is 6.99. The maximum absolute atomic E-state index is 13.2. The molecule has 7 heteroatoms. The Hall–Kier alpha value is -1.86. The van der Waals surface area contributed by atoms with Crippen molar-refractivity contribution in [1.82, 2.24) is 20.4 Å². The highest BCUT2D eigenvalue weighted by Crippen LogP contribution is 2.36. The van der Waals surface area contributed by atoms with E-state index < -0.39 is 0 Å². The number of nitrogens with one attached hydrogen (secondary N) is 2. The van der Waals surface area contributed by atoms with Crippen LogP contribution in [0.25, 0.3) is 0 Å². The van der Waals surface area contributed by atoms with Gasteiger partial charge >= 0.3 is 6.03 Å². The minimum Gasteiger partial charge on any atom is -0.369 e. The minimum atomic E-state index is -0.172. The number of nitrogens with zero attached hydrogens (tertiary/aromatic N) is 3. The van der Waals surface area contributed by atoms with E-state index in [-0.39, 0.29) is 17.9 Å². The molecule has 1 aromatic rings. The lowest BCUT2D eigenvalue weighted by Gasteiger charge is -2.51. The molecule has 2 N–H and O–H groups in total. The predicted molar refractivity (Wildman–Crippen MR) is 118 cm³/mol. The maximum Gasteiger partial charge on any atom is 0.315 e. The van der Waals surface area contributed by atoms with Crippen LogP contribution in [0, 0.1) is 17.7 Å². The van der Waals surface area contributed by atoms with Gasteiger partial charge in [-0.15, -0.1) is 0 Å². The predicted octanol–water partition coefficient (Wildman–Crippen LogP) is 2.37. The molecule has 6 nitrogen and oxygen atoms in total.